The van der Waals surface area contributed by atoms with E-state index in [1.807, 2.05) is 36.4 Å². The second-order valence-electron chi connectivity index (χ2n) is 7.78. The largest absolute Gasteiger partial charge is 0.497 e. The first kappa shape index (κ1) is 24.2. The van der Waals surface area contributed by atoms with E-state index in [0.717, 1.165) is 23.7 Å². The van der Waals surface area contributed by atoms with Gasteiger partial charge in [0.1, 0.15) is 5.75 Å². The zero-order valence-corrected chi connectivity index (χ0v) is 19.5. The van der Waals surface area contributed by atoms with Gasteiger partial charge in [-0.2, -0.15) is 0 Å². The van der Waals surface area contributed by atoms with Crippen molar-refractivity contribution in [1.29, 1.82) is 0 Å². The summed E-state index contributed by atoms with van der Waals surface area (Å²) in [5, 5.41) is 6.77. The Labute approximate surface area is 186 Å². The maximum Gasteiger partial charge on any atom is 0.253 e. The molecular weight excluding hydrogens is 390 g/mol. The summed E-state index contributed by atoms with van der Waals surface area (Å²) in [4.78, 5) is 20.3. The van der Waals surface area contributed by atoms with Crippen molar-refractivity contribution in [3.63, 3.8) is 0 Å². The van der Waals surface area contributed by atoms with Crippen LogP contribution in [0.3, 0.4) is 0 Å². The number of amides is 1. The van der Waals surface area contributed by atoms with Gasteiger partial charge in [-0.3, -0.25) is 9.79 Å². The third kappa shape index (κ3) is 7.29. The molecule has 0 saturated carbocycles. The first-order valence-corrected chi connectivity index (χ1v) is 10.4. The van der Waals surface area contributed by atoms with Crippen LogP contribution in [-0.4, -0.2) is 77.1 Å². The van der Waals surface area contributed by atoms with Gasteiger partial charge in [-0.25, -0.2) is 0 Å². The van der Waals surface area contributed by atoms with E-state index in [0.29, 0.717) is 18.7 Å². The molecule has 2 rings (SSSR count). The highest BCUT2D eigenvalue weighted by Gasteiger charge is 2.15. The third-order valence-electron chi connectivity index (χ3n) is 5.10. The SMILES string of the molecule is CN=C(NCCc1cccc(C(=O)N(C)C)c1)NCC(c1ccc(OC)cc1)N(C)C. The number of aliphatic imine (C=N–C) groups is 1. The number of nitrogens with zero attached hydrogens (tertiary/aromatic N) is 3. The van der Waals surface area contributed by atoms with E-state index in [-0.39, 0.29) is 11.9 Å². The standard InChI is InChI=1S/C24H35N5O2/c1-25-24(26-15-14-18-8-7-9-20(16-18)23(30)29(4)5)27-17-22(28(2)3)19-10-12-21(31-6)13-11-19/h7-13,16,22H,14-15,17H2,1-6H3,(H2,25,26,27). The third-order valence-corrected chi connectivity index (χ3v) is 5.10. The van der Waals surface area contributed by atoms with Crippen LogP contribution in [0.4, 0.5) is 0 Å². The minimum atomic E-state index is 0.0144. The minimum absolute atomic E-state index is 0.0144. The fraction of sp³-hybridized carbons (Fsp3) is 0.417. The summed E-state index contributed by atoms with van der Waals surface area (Å²) in [6, 6.07) is 16.1. The van der Waals surface area contributed by atoms with Gasteiger partial charge in [-0.05, 0) is 55.9 Å². The summed E-state index contributed by atoms with van der Waals surface area (Å²) in [7, 11) is 11.1. The van der Waals surface area contributed by atoms with E-state index >= 15 is 0 Å². The fourth-order valence-corrected chi connectivity index (χ4v) is 3.28. The summed E-state index contributed by atoms with van der Waals surface area (Å²) in [6.07, 6.45) is 0.796. The molecule has 0 aliphatic rings. The smallest absolute Gasteiger partial charge is 0.253 e. The van der Waals surface area contributed by atoms with Crippen molar-refractivity contribution in [2.75, 3.05) is 55.4 Å². The Morgan fingerprint density at radius 1 is 1.06 bits per heavy atom. The fourth-order valence-electron chi connectivity index (χ4n) is 3.28. The molecule has 31 heavy (non-hydrogen) atoms. The molecule has 168 valence electrons. The number of carbonyl (C=O) groups is 1. The lowest BCUT2D eigenvalue weighted by Crippen LogP contribution is -2.42. The lowest BCUT2D eigenvalue weighted by Gasteiger charge is -2.26. The molecule has 2 aromatic carbocycles. The first-order valence-electron chi connectivity index (χ1n) is 10.4. The van der Waals surface area contributed by atoms with Gasteiger partial charge >= 0.3 is 0 Å². The number of ether oxygens (including phenoxy) is 1. The van der Waals surface area contributed by atoms with Crippen LogP contribution < -0.4 is 15.4 Å². The molecule has 0 heterocycles. The topological polar surface area (TPSA) is 69.2 Å². The highest BCUT2D eigenvalue weighted by molar-refractivity contribution is 5.94. The lowest BCUT2D eigenvalue weighted by atomic mass is 10.1. The van der Waals surface area contributed by atoms with Crippen molar-refractivity contribution in [2.24, 2.45) is 4.99 Å². The highest BCUT2D eigenvalue weighted by atomic mass is 16.5. The molecule has 2 aromatic rings. The number of hydrogen-bond donors (Lipinski definition) is 2. The quantitative estimate of drug-likeness (QED) is 0.477. The summed E-state index contributed by atoms with van der Waals surface area (Å²) >= 11 is 0. The number of methoxy groups -OCH3 is 1. The van der Waals surface area contributed by atoms with Crippen molar-refractivity contribution in [2.45, 2.75) is 12.5 Å². The van der Waals surface area contributed by atoms with Gasteiger partial charge in [0.2, 0.25) is 0 Å². The molecule has 0 spiro atoms. The Hall–Kier alpha value is -3.06. The number of hydrogen-bond acceptors (Lipinski definition) is 4. The van der Waals surface area contributed by atoms with Crippen LogP contribution in [0.15, 0.2) is 53.5 Å². The van der Waals surface area contributed by atoms with E-state index in [4.69, 9.17) is 4.74 Å². The van der Waals surface area contributed by atoms with Crippen LogP contribution in [-0.2, 0) is 6.42 Å². The molecule has 1 unspecified atom stereocenters. The molecule has 0 fully saturated rings. The molecule has 1 atom stereocenters. The van der Waals surface area contributed by atoms with Crippen LogP contribution in [0.1, 0.15) is 27.5 Å². The molecule has 2 N–H and O–H groups in total. The van der Waals surface area contributed by atoms with Gasteiger partial charge in [0, 0.05) is 39.8 Å². The Balaban J connectivity index is 1.90. The van der Waals surface area contributed by atoms with E-state index < -0.39 is 0 Å². The van der Waals surface area contributed by atoms with Crippen LogP contribution in [0.2, 0.25) is 0 Å². The molecule has 0 saturated heterocycles. The number of benzene rings is 2. The van der Waals surface area contributed by atoms with E-state index in [1.54, 1.807) is 33.2 Å². The number of likely N-dealkylation sites (N-methyl/N-ethyl adjacent to an activating group) is 1. The molecule has 0 radical (unpaired) electrons. The summed E-state index contributed by atoms with van der Waals surface area (Å²) in [5.74, 6) is 1.62. The van der Waals surface area contributed by atoms with Gasteiger partial charge in [-0.15, -0.1) is 0 Å². The summed E-state index contributed by atoms with van der Waals surface area (Å²) in [5.41, 5.74) is 3.02. The zero-order chi connectivity index (χ0) is 22.8. The van der Waals surface area contributed by atoms with Crippen molar-refractivity contribution >= 4 is 11.9 Å². The Morgan fingerprint density at radius 3 is 2.35 bits per heavy atom. The van der Waals surface area contributed by atoms with Gasteiger partial charge in [0.15, 0.2) is 5.96 Å². The Morgan fingerprint density at radius 2 is 1.77 bits per heavy atom. The number of guanidine groups is 1. The van der Waals surface area contributed by atoms with Crippen molar-refractivity contribution in [3.05, 3.63) is 65.2 Å². The van der Waals surface area contributed by atoms with Crippen LogP contribution in [0, 0.1) is 0 Å². The number of nitrogens with one attached hydrogen (secondary N) is 2. The average molecular weight is 426 g/mol. The zero-order valence-electron chi connectivity index (χ0n) is 19.5. The summed E-state index contributed by atoms with van der Waals surface area (Å²) in [6.45, 7) is 1.43. The highest BCUT2D eigenvalue weighted by Crippen LogP contribution is 2.20. The molecule has 7 heteroatoms. The van der Waals surface area contributed by atoms with Crippen LogP contribution in [0.5, 0.6) is 5.75 Å². The molecule has 0 bridgehead atoms. The van der Waals surface area contributed by atoms with Crippen LogP contribution in [0.25, 0.3) is 0 Å². The maximum atomic E-state index is 12.2. The Bertz CT molecular complexity index is 863. The molecule has 7 nitrogen and oxygen atoms in total. The van der Waals surface area contributed by atoms with E-state index in [9.17, 15) is 4.79 Å². The molecule has 0 aromatic heterocycles. The predicted molar refractivity (Wildman–Crippen MR) is 127 cm³/mol. The van der Waals surface area contributed by atoms with Gasteiger partial charge in [0.05, 0.1) is 13.2 Å². The maximum absolute atomic E-state index is 12.2. The first-order chi connectivity index (χ1) is 14.8. The van der Waals surface area contributed by atoms with E-state index in [1.165, 1.54) is 5.56 Å². The van der Waals surface area contributed by atoms with Crippen molar-refractivity contribution in [3.8, 4) is 5.75 Å². The van der Waals surface area contributed by atoms with Gasteiger partial charge in [0.25, 0.3) is 5.91 Å². The Kier molecular flexibility index (Phi) is 9.34. The average Bonchev–Trinajstić information content (AvgIpc) is 2.77. The van der Waals surface area contributed by atoms with Crippen LogP contribution >= 0.6 is 0 Å². The number of rotatable bonds is 9. The molecule has 1 amide bonds. The molecule has 0 aliphatic carbocycles. The number of carbonyl (C=O) groups excluding carboxylic acids is 1. The lowest BCUT2D eigenvalue weighted by molar-refractivity contribution is 0.0827. The predicted octanol–water partition coefficient (Wildman–Crippen LogP) is 2.41. The van der Waals surface area contributed by atoms with Gasteiger partial charge in [-0.1, -0.05) is 24.3 Å². The van der Waals surface area contributed by atoms with Crippen molar-refractivity contribution in [1.82, 2.24) is 20.4 Å². The molecular formula is C24H35N5O2. The van der Waals surface area contributed by atoms with Crippen molar-refractivity contribution < 1.29 is 9.53 Å². The summed E-state index contributed by atoms with van der Waals surface area (Å²) < 4.78 is 5.26. The minimum Gasteiger partial charge on any atom is -0.497 e. The van der Waals surface area contributed by atoms with E-state index in [2.05, 4.69) is 46.8 Å². The second kappa shape index (κ2) is 12.0. The monoisotopic (exact) mass is 425 g/mol. The second-order valence-corrected chi connectivity index (χ2v) is 7.78. The molecule has 0 aliphatic heterocycles. The normalized spacial score (nSPS) is 12.4. The van der Waals surface area contributed by atoms with Gasteiger partial charge < -0.3 is 25.2 Å².